The second-order valence-corrected chi connectivity index (χ2v) is 5.24. The number of hydrogen-bond donors (Lipinski definition) is 1. The Morgan fingerprint density at radius 1 is 1.10 bits per heavy atom. The topological polar surface area (TPSA) is 47.6 Å². The van der Waals surface area contributed by atoms with Crippen LogP contribution < -0.4 is 14.8 Å². The summed E-state index contributed by atoms with van der Waals surface area (Å²) in [5.41, 5.74) is 0.441. The van der Waals surface area contributed by atoms with Gasteiger partial charge in [0.2, 0.25) is 6.10 Å². The van der Waals surface area contributed by atoms with E-state index in [4.69, 9.17) is 32.7 Å². The van der Waals surface area contributed by atoms with Crippen molar-refractivity contribution in [1.82, 2.24) is 0 Å². The van der Waals surface area contributed by atoms with Gasteiger partial charge in [-0.15, -0.1) is 0 Å². The number of anilines is 1. The Morgan fingerprint density at radius 2 is 1.86 bits per heavy atom. The molecule has 108 valence electrons. The van der Waals surface area contributed by atoms with Gasteiger partial charge in [-0.1, -0.05) is 41.4 Å². The van der Waals surface area contributed by atoms with Crippen LogP contribution in [-0.2, 0) is 4.79 Å². The summed E-state index contributed by atoms with van der Waals surface area (Å²) < 4.78 is 11.1. The number of benzene rings is 2. The smallest absolute Gasteiger partial charge is 0.269 e. The summed E-state index contributed by atoms with van der Waals surface area (Å²) in [6.45, 7) is 0.140. The normalized spacial score (nSPS) is 16.4. The average molecular weight is 324 g/mol. The van der Waals surface area contributed by atoms with E-state index in [0.29, 0.717) is 27.2 Å². The predicted molar refractivity (Wildman–Crippen MR) is 81.4 cm³/mol. The zero-order chi connectivity index (χ0) is 14.8. The van der Waals surface area contributed by atoms with Gasteiger partial charge in [0.15, 0.2) is 11.5 Å². The van der Waals surface area contributed by atoms with Crippen LogP contribution in [0.15, 0.2) is 42.5 Å². The molecule has 1 N–H and O–H groups in total. The first-order valence-electron chi connectivity index (χ1n) is 6.28. The summed E-state index contributed by atoms with van der Waals surface area (Å²) in [5.74, 6) is 0.831. The van der Waals surface area contributed by atoms with Gasteiger partial charge in [-0.3, -0.25) is 4.79 Å². The molecule has 4 nitrogen and oxygen atoms in total. The third-order valence-corrected chi connectivity index (χ3v) is 3.83. The molecule has 1 aliphatic heterocycles. The first-order valence-corrected chi connectivity index (χ1v) is 7.04. The quantitative estimate of drug-likeness (QED) is 0.915. The van der Waals surface area contributed by atoms with Gasteiger partial charge < -0.3 is 14.8 Å². The fourth-order valence-corrected chi connectivity index (χ4v) is 2.31. The Labute approximate surface area is 131 Å². The highest BCUT2D eigenvalue weighted by molar-refractivity contribution is 6.44. The Hall–Kier alpha value is -1.91. The third kappa shape index (κ3) is 2.91. The second kappa shape index (κ2) is 5.84. The van der Waals surface area contributed by atoms with Crippen LogP contribution in [0.2, 0.25) is 10.0 Å². The number of carbonyl (C=O) groups is 1. The number of carbonyl (C=O) groups excluding carboxylic acids is 1. The van der Waals surface area contributed by atoms with E-state index in [1.54, 1.807) is 30.3 Å². The largest absolute Gasteiger partial charge is 0.485 e. The minimum absolute atomic E-state index is 0.140. The molecule has 0 saturated heterocycles. The molecule has 1 amide bonds. The maximum atomic E-state index is 12.2. The van der Waals surface area contributed by atoms with Crippen LogP contribution >= 0.6 is 23.2 Å². The molecule has 0 spiro atoms. The number of rotatable bonds is 2. The molecule has 2 aromatic rings. The van der Waals surface area contributed by atoms with E-state index in [-0.39, 0.29) is 12.5 Å². The SMILES string of the molecule is O=C(Nc1cccc(Cl)c1Cl)[C@H]1COc2ccccc2O1. The van der Waals surface area contributed by atoms with Crippen molar-refractivity contribution < 1.29 is 14.3 Å². The average Bonchev–Trinajstić information content (AvgIpc) is 2.51. The first-order chi connectivity index (χ1) is 10.1. The van der Waals surface area contributed by atoms with Gasteiger partial charge in [-0.25, -0.2) is 0 Å². The predicted octanol–water partition coefficient (Wildman–Crippen LogP) is 3.77. The Bertz CT molecular complexity index is 690. The van der Waals surface area contributed by atoms with E-state index in [1.807, 2.05) is 12.1 Å². The van der Waals surface area contributed by atoms with Gasteiger partial charge in [-0.2, -0.15) is 0 Å². The van der Waals surface area contributed by atoms with Crippen LogP contribution in [0, 0.1) is 0 Å². The van der Waals surface area contributed by atoms with E-state index < -0.39 is 6.10 Å². The zero-order valence-corrected chi connectivity index (χ0v) is 12.3. The summed E-state index contributed by atoms with van der Waals surface area (Å²) in [5, 5.41) is 3.36. The van der Waals surface area contributed by atoms with E-state index in [2.05, 4.69) is 5.32 Å². The molecule has 0 bridgehead atoms. The van der Waals surface area contributed by atoms with E-state index >= 15 is 0 Å². The molecule has 0 aromatic heterocycles. The molecular weight excluding hydrogens is 313 g/mol. The summed E-state index contributed by atoms with van der Waals surface area (Å²) >= 11 is 11.9. The fraction of sp³-hybridized carbons (Fsp3) is 0.133. The van der Waals surface area contributed by atoms with Gasteiger partial charge in [0, 0.05) is 0 Å². The molecule has 21 heavy (non-hydrogen) atoms. The molecule has 3 rings (SSSR count). The first kappa shape index (κ1) is 14.0. The van der Waals surface area contributed by atoms with E-state index in [0.717, 1.165) is 0 Å². The van der Waals surface area contributed by atoms with Crippen molar-refractivity contribution in [1.29, 1.82) is 0 Å². The highest BCUT2D eigenvalue weighted by Crippen LogP contribution is 2.32. The Morgan fingerprint density at radius 3 is 2.67 bits per heavy atom. The lowest BCUT2D eigenvalue weighted by atomic mass is 10.2. The number of nitrogens with one attached hydrogen (secondary N) is 1. The Balaban J connectivity index is 1.74. The lowest BCUT2D eigenvalue weighted by molar-refractivity contribution is -0.125. The zero-order valence-electron chi connectivity index (χ0n) is 10.8. The molecule has 0 fully saturated rings. The maximum Gasteiger partial charge on any atom is 0.269 e. The second-order valence-electron chi connectivity index (χ2n) is 4.45. The summed E-state index contributed by atoms with van der Waals surface area (Å²) in [4.78, 5) is 12.2. The van der Waals surface area contributed by atoms with Gasteiger partial charge in [0.1, 0.15) is 6.61 Å². The van der Waals surface area contributed by atoms with Crippen LogP contribution in [-0.4, -0.2) is 18.6 Å². The summed E-state index contributed by atoms with van der Waals surface area (Å²) in [6.07, 6.45) is -0.741. The number of amides is 1. The van der Waals surface area contributed by atoms with Crippen molar-refractivity contribution in [3.8, 4) is 11.5 Å². The molecule has 0 aliphatic carbocycles. The molecule has 1 heterocycles. The van der Waals surface area contributed by atoms with Crippen molar-refractivity contribution in [3.05, 3.63) is 52.5 Å². The van der Waals surface area contributed by atoms with Crippen LogP contribution in [0.3, 0.4) is 0 Å². The van der Waals surface area contributed by atoms with Crippen molar-refractivity contribution in [2.24, 2.45) is 0 Å². The van der Waals surface area contributed by atoms with Gasteiger partial charge in [0.25, 0.3) is 5.91 Å². The minimum Gasteiger partial charge on any atom is -0.485 e. The number of hydrogen-bond acceptors (Lipinski definition) is 3. The molecule has 0 unspecified atom stereocenters. The van der Waals surface area contributed by atoms with Crippen LogP contribution in [0.4, 0.5) is 5.69 Å². The van der Waals surface area contributed by atoms with Gasteiger partial charge in [-0.05, 0) is 24.3 Å². The van der Waals surface area contributed by atoms with Crippen molar-refractivity contribution in [3.63, 3.8) is 0 Å². The van der Waals surface area contributed by atoms with E-state index in [1.165, 1.54) is 0 Å². The molecule has 0 saturated carbocycles. The van der Waals surface area contributed by atoms with Crippen LogP contribution in [0.25, 0.3) is 0 Å². The molecular formula is C15H11Cl2NO3. The summed E-state index contributed by atoms with van der Waals surface area (Å²) in [6, 6.07) is 12.2. The number of para-hydroxylation sites is 2. The maximum absolute atomic E-state index is 12.2. The number of fused-ring (bicyclic) bond motifs is 1. The molecule has 1 aliphatic rings. The van der Waals surface area contributed by atoms with Crippen molar-refractivity contribution in [2.75, 3.05) is 11.9 Å². The number of ether oxygens (including phenoxy) is 2. The number of halogens is 2. The van der Waals surface area contributed by atoms with Crippen molar-refractivity contribution in [2.45, 2.75) is 6.10 Å². The highest BCUT2D eigenvalue weighted by Gasteiger charge is 2.27. The molecule has 0 radical (unpaired) electrons. The van der Waals surface area contributed by atoms with Gasteiger partial charge in [0.05, 0.1) is 15.7 Å². The monoisotopic (exact) mass is 323 g/mol. The summed E-state index contributed by atoms with van der Waals surface area (Å²) in [7, 11) is 0. The molecule has 2 aromatic carbocycles. The lowest BCUT2D eigenvalue weighted by Gasteiger charge is -2.25. The van der Waals surface area contributed by atoms with E-state index in [9.17, 15) is 4.79 Å². The Kier molecular flexibility index (Phi) is 3.90. The highest BCUT2D eigenvalue weighted by atomic mass is 35.5. The third-order valence-electron chi connectivity index (χ3n) is 3.01. The van der Waals surface area contributed by atoms with Crippen LogP contribution in [0.5, 0.6) is 11.5 Å². The lowest BCUT2D eigenvalue weighted by Crippen LogP contribution is -2.40. The van der Waals surface area contributed by atoms with Gasteiger partial charge >= 0.3 is 0 Å². The molecule has 6 heteroatoms. The standard InChI is InChI=1S/C15H11Cl2NO3/c16-9-4-3-5-10(14(9)17)18-15(19)13-8-20-11-6-1-2-7-12(11)21-13/h1-7,13H,8H2,(H,18,19)/t13-/m1/s1. The molecule has 1 atom stereocenters. The minimum atomic E-state index is -0.741. The van der Waals surface area contributed by atoms with Crippen molar-refractivity contribution >= 4 is 34.8 Å². The fourth-order valence-electron chi connectivity index (χ4n) is 1.96. The van der Waals surface area contributed by atoms with Crippen LogP contribution in [0.1, 0.15) is 0 Å².